The molecule has 2 N–H and O–H groups in total. The molecule has 1 aromatic carbocycles. The first-order valence-electron chi connectivity index (χ1n) is 7.24. The van der Waals surface area contributed by atoms with Crippen molar-refractivity contribution < 1.29 is 0 Å². The number of fused-ring (bicyclic) bond motifs is 1. The SMILES string of the molecule is CC(C)Cc1n[nH]c2c(=O)[nH]c(Cc3ccccc3Cl)nc12. The second kappa shape index (κ2) is 5.93. The van der Waals surface area contributed by atoms with Crippen molar-refractivity contribution in [3.63, 3.8) is 0 Å². The lowest BCUT2D eigenvalue weighted by Crippen LogP contribution is -2.12. The van der Waals surface area contributed by atoms with Crippen LogP contribution < -0.4 is 5.56 Å². The van der Waals surface area contributed by atoms with Gasteiger partial charge in [0.15, 0.2) is 0 Å². The number of H-pyrrole nitrogens is 2. The third kappa shape index (κ3) is 2.90. The molecule has 0 aliphatic rings. The van der Waals surface area contributed by atoms with Crippen LogP contribution in [-0.4, -0.2) is 20.2 Å². The smallest absolute Gasteiger partial charge is 0.276 e. The predicted octanol–water partition coefficient (Wildman–Crippen LogP) is 3.09. The Morgan fingerprint density at radius 2 is 2.05 bits per heavy atom. The molecule has 0 radical (unpaired) electrons. The number of nitrogens with zero attached hydrogens (tertiary/aromatic N) is 2. The molecule has 0 amide bonds. The molecule has 3 rings (SSSR count). The van der Waals surface area contributed by atoms with E-state index in [1.807, 2.05) is 24.3 Å². The van der Waals surface area contributed by atoms with Crippen LogP contribution in [0.15, 0.2) is 29.1 Å². The molecule has 0 saturated heterocycles. The molecular weight excluding hydrogens is 300 g/mol. The number of aromatic amines is 2. The molecule has 0 bridgehead atoms. The van der Waals surface area contributed by atoms with Gasteiger partial charge in [-0.25, -0.2) is 4.98 Å². The van der Waals surface area contributed by atoms with E-state index >= 15 is 0 Å². The fourth-order valence-corrected chi connectivity index (χ4v) is 2.65. The Kier molecular flexibility index (Phi) is 3.98. The molecule has 2 aromatic heterocycles. The monoisotopic (exact) mass is 316 g/mol. The van der Waals surface area contributed by atoms with Gasteiger partial charge in [0.05, 0.1) is 5.69 Å². The Balaban J connectivity index is 2.04. The van der Waals surface area contributed by atoms with Gasteiger partial charge in [-0.2, -0.15) is 5.10 Å². The van der Waals surface area contributed by atoms with Crippen molar-refractivity contribution in [1.82, 2.24) is 20.2 Å². The number of halogens is 1. The largest absolute Gasteiger partial charge is 0.308 e. The lowest BCUT2D eigenvalue weighted by atomic mass is 10.1. The van der Waals surface area contributed by atoms with Crippen LogP contribution in [0.2, 0.25) is 5.02 Å². The highest BCUT2D eigenvalue weighted by Gasteiger charge is 2.14. The van der Waals surface area contributed by atoms with Crippen LogP contribution in [0, 0.1) is 5.92 Å². The van der Waals surface area contributed by atoms with Crippen LogP contribution in [-0.2, 0) is 12.8 Å². The molecule has 0 atom stereocenters. The molecule has 6 heteroatoms. The number of rotatable bonds is 4. The summed E-state index contributed by atoms with van der Waals surface area (Å²) in [6.07, 6.45) is 1.26. The Hall–Kier alpha value is -2.14. The first kappa shape index (κ1) is 14.8. The third-order valence-electron chi connectivity index (χ3n) is 3.46. The van der Waals surface area contributed by atoms with Crippen molar-refractivity contribution in [2.45, 2.75) is 26.7 Å². The van der Waals surface area contributed by atoms with E-state index in [1.54, 1.807) is 0 Å². The van der Waals surface area contributed by atoms with Crippen LogP contribution in [0.25, 0.3) is 11.0 Å². The summed E-state index contributed by atoms with van der Waals surface area (Å²) in [7, 11) is 0. The summed E-state index contributed by atoms with van der Waals surface area (Å²) in [5.74, 6) is 1.04. The number of hydrogen-bond acceptors (Lipinski definition) is 3. The van der Waals surface area contributed by atoms with Crippen LogP contribution in [0.3, 0.4) is 0 Å². The standard InChI is InChI=1S/C16H17ClN4O/c1-9(2)7-12-14-15(21-20-12)16(22)19-13(18-14)8-10-5-3-4-6-11(10)17/h3-6,9H,7-8H2,1-2H3,(H,20,21)(H,18,19,22). The Morgan fingerprint density at radius 1 is 1.27 bits per heavy atom. The normalized spacial score (nSPS) is 11.5. The molecule has 0 spiro atoms. The quantitative estimate of drug-likeness (QED) is 0.776. The lowest BCUT2D eigenvalue weighted by Gasteiger charge is -2.05. The van der Waals surface area contributed by atoms with E-state index in [1.165, 1.54) is 0 Å². The average molecular weight is 317 g/mol. The second-order valence-electron chi connectivity index (χ2n) is 5.77. The topological polar surface area (TPSA) is 74.4 Å². The fourth-order valence-electron chi connectivity index (χ4n) is 2.44. The minimum atomic E-state index is -0.199. The van der Waals surface area contributed by atoms with Crippen molar-refractivity contribution in [2.75, 3.05) is 0 Å². The third-order valence-corrected chi connectivity index (χ3v) is 3.83. The predicted molar refractivity (Wildman–Crippen MR) is 87.3 cm³/mol. The summed E-state index contributed by atoms with van der Waals surface area (Å²) in [5.41, 5.74) is 2.64. The van der Waals surface area contributed by atoms with Crippen LogP contribution >= 0.6 is 11.6 Å². The summed E-state index contributed by atoms with van der Waals surface area (Å²) < 4.78 is 0. The zero-order chi connectivity index (χ0) is 15.7. The number of aromatic nitrogens is 4. The Bertz CT molecular complexity index is 866. The fraction of sp³-hybridized carbons (Fsp3) is 0.312. The van der Waals surface area contributed by atoms with Crippen molar-refractivity contribution in [3.8, 4) is 0 Å². The molecule has 3 aromatic rings. The molecule has 0 unspecified atom stereocenters. The summed E-state index contributed by atoms with van der Waals surface area (Å²) in [6, 6.07) is 7.55. The van der Waals surface area contributed by atoms with Gasteiger partial charge < -0.3 is 4.98 Å². The van der Waals surface area contributed by atoms with E-state index in [-0.39, 0.29) is 5.56 Å². The van der Waals surface area contributed by atoms with Gasteiger partial charge in [-0.1, -0.05) is 43.6 Å². The Labute approximate surface area is 132 Å². The molecule has 114 valence electrons. The first-order chi connectivity index (χ1) is 10.5. The van der Waals surface area contributed by atoms with E-state index in [0.29, 0.717) is 34.2 Å². The molecule has 0 aliphatic heterocycles. The second-order valence-corrected chi connectivity index (χ2v) is 6.18. The summed E-state index contributed by atoms with van der Waals surface area (Å²) >= 11 is 6.17. The van der Waals surface area contributed by atoms with Crippen LogP contribution in [0.5, 0.6) is 0 Å². The molecule has 0 fully saturated rings. The van der Waals surface area contributed by atoms with Crippen molar-refractivity contribution >= 4 is 22.6 Å². The van der Waals surface area contributed by atoms with Crippen LogP contribution in [0.4, 0.5) is 0 Å². The maximum Gasteiger partial charge on any atom is 0.276 e. The minimum absolute atomic E-state index is 0.199. The highest BCUT2D eigenvalue weighted by Crippen LogP contribution is 2.19. The highest BCUT2D eigenvalue weighted by atomic mass is 35.5. The van der Waals surface area contributed by atoms with Gasteiger partial charge in [-0.3, -0.25) is 9.89 Å². The minimum Gasteiger partial charge on any atom is -0.308 e. The maximum atomic E-state index is 12.2. The van der Waals surface area contributed by atoms with E-state index in [9.17, 15) is 4.79 Å². The zero-order valence-electron chi connectivity index (χ0n) is 12.5. The van der Waals surface area contributed by atoms with E-state index in [4.69, 9.17) is 11.6 Å². The van der Waals surface area contributed by atoms with Gasteiger partial charge in [-0.15, -0.1) is 0 Å². The number of hydrogen-bond donors (Lipinski definition) is 2. The molecule has 0 saturated carbocycles. The molecule has 5 nitrogen and oxygen atoms in total. The van der Waals surface area contributed by atoms with Gasteiger partial charge in [0.2, 0.25) is 0 Å². The number of benzene rings is 1. The lowest BCUT2D eigenvalue weighted by molar-refractivity contribution is 0.635. The molecule has 2 heterocycles. The van der Waals surface area contributed by atoms with E-state index in [2.05, 4.69) is 34.0 Å². The number of nitrogens with one attached hydrogen (secondary N) is 2. The van der Waals surface area contributed by atoms with Gasteiger partial charge >= 0.3 is 0 Å². The maximum absolute atomic E-state index is 12.2. The molecular formula is C16H17ClN4O. The molecule has 0 aliphatic carbocycles. The first-order valence-corrected chi connectivity index (χ1v) is 7.62. The molecule has 22 heavy (non-hydrogen) atoms. The average Bonchev–Trinajstić information content (AvgIpc) is 2.84. The summed E-state index contributed by atoms with van der Waals surface area (Å²) in [5, 5.41) is 7.68. The van der Waals surface area contributed by atoms with Gasteiger partial charge in [-0.05, 0) is 24.0 Å². The van der Waals surface area contributed by atoms with Crippen molar-refractivity contribution in [1.29, 1.82) is 0 Å². The Morgan fingerprint density at radius 3 is 2.77 bits per heavy atom. The van der Waals surface area contributed by atoms with Gasteiger partial charge in [0, 0.05) is 11.4 Å². The van der Waals surface area contributed by atoms with Crippen molar-refractivity contribution in [2.24, 2.45) is 5.92 Å². The van der Waals surface area contributed by atoms with Crippen molar-refractivity contribution in [3.05, 3.63) is 56.7 Å². The van der Waals surface area contributed by atoms with Crippen LogP contribution in [0.1, 0.15) is 30.9 Å². The van der Waals surface area contributed by atoms with Gasteiger partial charge in [0.25, 0.3) is 5.56 Å². The zero-order valence-corrected chi connectivity index (χ0v) is 13.2. The van der Waals surface area contributed by atoms with Gasteiger partial charge in [0.1, 0.15) is 16.9 Å². The van der Waals surface area contributed by atoms with E-state index in [0.717, 1.165) is 17.7 Å². The summed E-state index contributed by atoms with van der Waals surface area (Å²) in [4.78, 5) is 19.5. The highest BCUT2D eigenvalue weighted by molar-refractivity contribution is 6.31. The summed E-state index contributed by atoms with van der Waals surface area (Å²) in [6.45, 7) is 4.22. The van der Waals surface area contributed by atoms with E-state index < -0.39 is 0 Å².